The Hall–Kier alpha value is -0.100. The van der Waals surface area contributed by atoms with Crippen LogP contribution >= 0.6 is 50.5 Å². The third kappa shape index (κ3) is 3.51. The molecule has 2 rings (SSSR count). The van der Waals surface area contributed by atoms with Crippen molar-refractivity contribution in [3.8, 4) is 0 Å². The summed E-state index contributed by atoms with van der Waals surface area (Å²) < 4.78 is 0.972. The number of rotatable bonds is 4. The zero-order chi connectivity index (χ0) is 14.0. The molecule has 19 heavy (non-hydrogen) atoms. The van der Waals surface area contributed by atoms with Gasteiger partial charge in [-0.2, -0.15) is 0 Å². The zero-order valence-electron chi connectivity index (χ0n) is 9.82. The minimum absolute atomic E-state index is 0.258. The minimum Gasteiger partial charge on any atom is -0.388 e. The van der Waals surface area contributed by atoms with E-state index in [9.17, 15) is 5.11 Å². The van der Waals surface area contributed by atoms with Crippen LogP contribution in [0, 0.1) is 0 Å². The summed E-state index contributed by atoms with van der Waals surface area (Å²) in [6, 6.07) is 7.12. The van der Waals surface area contributed by atoms with Crippen molar-refractivity contribution in [1.82, 2.24) is 0 Å². The first-order valence-electron chi connectivity index (χ1n) is 5.60. The summed E-state index contributed by atoms with van der Waals surface area (Å²) in [5.74, 6) is -0.258. The number of hydrogen-bond donors (Lipinski definition) is 2. The predicted octanol–water partition coefficient (Wildman–Crippen LogP) is 4.59. The van der Waals surface area contributed by atoms with Gasteiger partial charge in [0.05, 0.1) is 9.89 Å². The second-order valence-corrected chi connectivity index (χ2v) is 7.27. The van der Waals surface area contributed by atoms with Gasteiger partial charge >= 0.3 is 0 Å². The number of nitrogens with two attached hydrogens (primary N) is 1. The van der Waals surface area contributed by atoms with Gasteiger partial charge < -0.3 is 10.8 Å². The van der Waals surface area contributed by atoms with Crippen molar-refractivity contribution in [2.24, 2.45) is 5.73 Å². The molecule has 1 heterocycles. The molecule has 1 aromatic heterocycles. The Bertz CT molecular complexity index is 576. The maximum Gasteiger partial charge on any atom is 0.0879 e. The lowest BCUT2D eigenvalue weighted by Crippen LogP contribution is -2.20. The summed E-state index contributed by atoms with van der Waals surface area (Å²) >= 11 is 17.0. The molecule has 0 radical (unpaired) electrons. The van der Waals surface area contributed by atoms with Crippen LogP contribution < -0.4 is 5.73 Å². The maximum atomic E-state index is 10.5. The van der Waals surface area contributed by atoms with Crippen molar-refractivity contribution in [2.45, 2.75) is 12.0 Å². The van der Waals surface area contributed by atoms with E-state index in [1.54, 1.807) is 12.1 Å². The highest BCUT2D eigenvalue weighted by molar-refractivity contribution is 9.11. The van der Waals surface area contributed by atoms with E-state index >= 15 is 0 Å². The largest absolute Gasteiger partial charge is 0.388 e. The number of halogens is 3. The van der Waals surface area contributed by atoms with Gasteiger partial charge in [-0.25, -0.2) is 0 Å². The highest BCUT2D eigenvalue weighted by atomic mass is 79.9. The number of thiophene rings is 1. The average molecular weight is 381 g/mol. The van der Waals surface area contributed by atoms with Crippen LogP contribution in [-0.4, -0.2) is 11.7 Å². The van der Waals surface area contributed by atoms with E-state index in [1.165, 1.54) is 11.3 Å². The lowest BCUT2D eigenvalue weighted by molar-refractivity contribution is 0.148. The average Bonchev–Trinajstić information content (AvgIpc) is 2.79. The molecule has 2 nitrogen and oxygen atoms in total. The fourth-order valence-electron chi connectivity index (χ4n) is 1.94. The van der Waals surface area contributed by atoms with Gasteiger partial charge in [0.2, 0.25) is 0 Å². The lowest BCUT2D eigenvalue weighted by Gasteiger charge is -2.22. The topological polar surface area (TPSA) is 46.2 Å². The third-order valence-corrected chi connectivity index (χ3v) is 5.01. The molecular weight excluding hydrogens is 369 g/mol. The Morgan fingerprint density at radius 3 is 2.58 bits per heavy atom. The van der Waals surface area contributed by atoms with Gasteiger partial charge in [-0.15, -0.1) is 11.3 Å². The molecule has 0 aliphatic carbocycles. The molecule has 6 heteroatoms. The Labute approximate surface area is 134 Å². The van der Waals surface area contributed by atoms with Crippen LogP contribution in [0.2, 0.25) is 10.0 Å². The normalized spacial score (nSPS) is 14.4. The molecule has 0 saturated carbocycles. The summed E-state index contributed by atoms with van der Waals surface area (Å²) in [5, 5.41) is 13.5. The monoisotopic (exact) mass is 379 g/mol. The molecule has 2 aromatic rings. The molecule has 2 atom stereocenters. The second kappa shape index (κ2) is 6.57. The van der Waals surface area contributed by atoms with Crippen molar-refractivity contribution in [2.75, 3.05) is 6.54 Å². The Morgan fingerprint density at radius 1 is 1.32 bits per heavy atom. The number of hydrogen-bond acceptors (Lipinski definition) is 3. The quantitative estimate of drug-likeness (QED) is 0.814. The Kier molecular flexibility index (Phi) is 5.29. The molecule has 0 aliphatic heterocycles. The molecule has 0 amide bonds. The first kappa shape index (κ1) is 15.3. The highest BCUT2D eigenvalue weighted by Crippen LogP contribution is 2.37. The van der Waals surface area contributed by atoms with Crippen molar-refractivity contribution >= 4 is 50.5 Å². The van der Waals surface area contributed by atoms with E-state index in [2.05, 4.69) is 15.9 Å². The molecule has 0 fully saturated rings. The Morgan fingerprint density at radius 2 is 2.05 bits per heavy atom. The van der Waals surface area contributed by atoms with Crippen molar-refractivity contribution in [3.05, 3.63) is 54.6 Å². The molecule has 102 valence electrons. The smallest absolute Gasteiger partial charge is 0.0879 e. The van der Waals surface area contributed by atoms with E-state index in [0.717, 1.165) is 14.9 Å². The van der Waals surface area contributed by atoms with Crippen LogP contribution in [0.25, 0.3) is 0 Å². The highest BCUT2D eigenvalue weighted by Gasteiger charge is 2.24. The second-order valence-electron chi connectivity index (χ2n) is 4.14. The Balaban J connectivity index is 2.33. The molecule has 0 bridgehead atoms. The summed E-state index contributed by atoms with van der Waals surface area (Å²) in [5.41, 5.74) is 7.44. The van der Waals surface area contributed by atoms with Gasteiger partial charge in [0.25, 0.3) is 0 Å². The van der Waals surface area contributed by atoms with E-state index in [4.69, 9.17) is 28.9 Å². The van der Waals surface area contributed by atoms with Gasteiger partial charge in [-0.05, 0) is 50.6 Å². The summed E-state index contributed by atoms with van der Waals surface area (Å²) in [7, 11) is 0. The standard InChI is InChI=1S/C13H12BrCl2NOS/c14-12-3-7(6-19-12)13(18)10(5-17)9-2-1-8(15)4-11(9)16/h1-4,6,10,13,18H,5,17H2. The molecule has 0 spiro atoms. The van der Waals surface area contributed by atoms with Gasteiger partial charge in [-0.1, -0.05) is 29.3 Å². The first-order valence-corrected chi connectivity index (χ1v) is 8.02. The van der Waals surface area contributed by atoms with E-state index in [0.29, 0.717) is 16.6 Å². The SMILES string of the molecule is NCC(c1ccc(Cl)cc1Cl)C(O)c1csc(Br)c1. The van der Waals surface area contributed by atoms with Crippen molar-refractivity contribution in [3.63, 3.8) is 0 Å². The maximum absolute atomic E-state index is 10.5. The number of aliphatic hydroxyl groups excluding tert-OH is 1. The van der Waals surface area contributed by atoms with Crippen LogP contribution in [-0.2, 0) is 0 Å². The van der Waals surface area contributed by atoms with Gasteiger partial charge in [0.15, 0.2) is 0 Å². The fraction of sp³-hybridized carbons (Fsp3) is 0.231. The zero-order valence-corrected chi connectivity index (χ0v) is 13.7. The predicted molar refractivity (Wildman–Crippen MR) is 85.2 cm³/mol. The third-order valence-electron chi connectivity index (χ3n) is 2.93. The molecular formula is C13H12BrCl2NOS. The van der Waals surface area contributed by atoms with E-state index in [1.807, 2.05) is 17.5 Å². The van der Waals surface area contributed by atoms with Crippen LogP contribution in [0.15, 0.2) is 33.4 Å². The first-order chi connectivity index (χ1) is 9.02. The van der Waals surface area contributed by atoms with E-state index in [-0.39, 0.29) is 5.92 Å². The van der Waals surface area contributed by atoms with Gasteiger partial charge in [0.1, 0.15) is 0 Å². The van der Waals surface area contributed by atoms with Crippen LogP contribution in [0.5, 0.6) is 0 Å². The van der Waals surface area contributed by atoms with Crippen LogP contribution in [0.1, 0.15) is 23.1 Å². The van der Waals surface area contributed by atoms with E-state index < -0.39 is 6.10 Å². The lowest BCUT2D eigenvalue weighted by atomic mass is 9.90. The van der Waals surface area contributed by atoms with Crippen molar-refractivity contribution < 1.29 is 5.11 Å². The molecule has 1 aromatic carbocycles. The number of aliphatic hydroxyl groups is 1. The van der Waals surface area contributed by atoms with Gasteiger partial charge in [0, 0.05) is 22.5 Å². The van der Waals surface area contributed by atoms with Gasteiger partial charge in [-0.3, -0.25) is 0 Å². The van der Waals surface area contributed by atoms with Crippen LogP contribution in [0.4, 0.5) is 0 Å². The van der Waals surface area contributed by atoms with Crippen LogP contribution in [0.3, 0.4) is 0 Å². The molecule has 2 unspecified atom stereocenters. The summed E-state index contributed by atoms with van der Waals surface area (Å²) in [4.78, 5) is 0. The molecule has 0 aliphatic rings. The fourth-order valence-corrected chi connectivity index (χ4v) is 3.69. The van der Waals surface area contributed by atoms with Crippen molar-refractivity contribution in [1.29, 1.82) is 0 Å². The minimum atomic E-state index is -0.689. The summed E-state index contributed by atoms with van der Waals surface area (Å²) in [6.07, 6.45) is -0.689. The molecule has 0 saturated heterocycles. The number of benzene rings is 1. The summed E-state index contributed by atoms with van der Waals surface area (Å²) in [6.45, 7) is 0.302. The molecule has 3 N–H and O–H groups in total.